The van der Waals surface area contributed by atoms with Crippen molar-refractivity contribution in [3.63, 3.8) is 0 Å². The minimum atomic E-state index is -0.0220. The molecular weight excluding hydrogens is 244 g/mol. The molecule has 0 aliphatic rings. The number of hydrogen-bond donors (Lipinski definition) is 2. The van der Waals surface area contributed by atoms with E-state index in [-0.39, 0.29) is 17.5 Å². The first-order valence-corrected chi connectivity index (χ1v) is 6.41. The molecule has 0 aromatic carbocycles. The molecule has 0 fully saturated rings. The number of likely N-dealkylation sites (N-methyl/N-ethyl adjacent to an activating group) is 1. The highest BCUT2D eigenvalue weighted by atomic mass is 16.5. The fraction of sp³-hybridized carbons (Fsp3) is 0.750. The van der Waals surface area contributed by atoms with Gasteiger partial charge in [0, 0.05) is 12.1 Å². The molecule has 0 saturated heterocycles. The van der Waals surface area contributed by atoms with Crippen LogP contribution in [0.25, 0.3) is 0 Å². The van der Waals surface area contributed by atoms with Gasteiger partial charge in [0.2, 0.25) is 11.9 Å². The third kappa shape index (κ3) is 4.86. The molecule has 1 aromatic rings. The van der Waals surface area contributed by atoms with Gasteiger partial charge < -0.3 is 20.7 Å². The average Bonchev–Trinajstić information content (AvgIpc) is 2.33. The summed E-state index contributed by atoms with van der Waals surface area (Å²) in [5.74, 6) is 0.597. The molecule has 0 aliphatic heterocycles. The summed E-state index contributed by atoms with van der Waals surface area (Å²) in [5, 5.41) is 3.16. The standard InChI is InChI=1S/C12H24N6O/c1-6-7-19-11-16-9(13)15-10(17-11)14-8-12(2,3)18(4)5/h6-8H2,1-5H3,(H3,13,14,15,16,17). The number of aromatic nitrogens is 3. The Morgan fingerprint density at radius 3 is 2.53 bits per heavy atom. The summed E-state index contributed by atoms with van der Waals surface area (Å²) in [6.07, 6.45) is 0.891. The Bertz CT molecular complexity index is 407. The van der Waals surface area contributed by atoms with Crippen molar-refractivity contribution < 1.29 is 4.74 Å². The quantitative estimate of drug-likeness (QED) is 0.762. The normalized spacial score (nSPS) is 11.7. The first-order chi connectivity index (χ1) is 8.85. The summed E-state index contributed by atoms with van der Waals surface area (Å²) < 4.78 is 5.36. The van der Waals surface area contributed by atoms with Crippen LogP contribution < -0.4 is 15.8 Å². The van der Waals surface area contributed by atoms with Gasteiger partial charge in [-0.2, -0.15) is 15.0 Å². The Morgan fingerprint density at radius 2 is 1.95 bits per heavy atom. The molecule has 7 nitrogen and oxygen atoms in total. The second-order valence-corrected chi connectivity index (χ2v) is 5.21. The van der Waals surface area contributed by atoms with Crippen molar-refractivity contribution >= 4 is 11.9 Å². The Hall–Kier alpha value is -1.63. The minimum absolute atomic E-state index is 0.0220. The fourth-order valence-electron chi connectivity index (χ4n) is 1.16. The molecule has 0 aliphatic carbocycles. The van der Waals surface area contributed by atoms with Gasteiger partial charge in [-0.15, -0.1) is 0 Å². The molecular formula is C12H24N6O. The predicted octanol–water partition coefficient (Wildman–Crippen LogP) is 0.995. The maximum Gasteiger partial charge on any atom is 0.323 e. The van der Waals surface area contributed by atoms with Crippen LogP contribution in [0.1, 0.15) is 27.2 Å². The lowest BCUT2D eigenvalue weighted by atomic mass is 10.1. The number of nitrogens with two attached hydrogens (primary N) is 1. The largest absolute Gasteiger partial charge is 0.463 e. The van der Waals surface area contributed by atoms with Crippen molar-refractivity contribution in [2.24, 2.45) is 0 Å². The maximum absolute atomic E-state index is 5.64. The van der Waals surface area contributed by atoms with Crippen LogP contribution in [-0.4, -0.2) is 52.6 Å². The van der Waals surface area contributed by atoms with Crippen LogP contribution in [0, 0.1) is 0 Å². The van der Waals surface area contributed by atoms with E-state index in [4.69, 9.17) is 10.5 Å². The van der Waals surface area contributed by atoms with E-state index in [2.05, 4.69) is 39.0 Å². The molecule has 0 amide bonds. The van der Waals surface area contributed by atoms with E-state index in [1.165, 1.54) is 0 Å². The van der Waals surface area contributed by atoms with Gasteiger partial charge in [-0.1, -0.05) is 6.92 Å². The van der Waals surface area contributed by atoms with E-state index in [1.807, 2.05) is 21.0 Å². The zero-order chi connectivity index (χ0) is 14.5. The Morgan fingerprint density at radius 1 is 1.26 bits per heavy atom. The monoisotopic (exact) mass is 268 g/mol. The molecule has 0 spiro atoms. The molecule has 19 heavy (non-hydrogen) atoms. The highest BCUT2D eigenvalue weighted by Crippen LogP contribution is 2.13. The topological polar surface area (TPSA) is 89.2 Å². The second kappa shape index (κ2) is 6.51. The Balaban J connectivity index is 2.70. The van der Waals surface area contributed by atoms with Crippen molar-refractivity contribution in [2.75, 3.05) is 38.3 Å². The molecule has 1 rings (SSSR count). The lowest BCUT2D eigenvalue weighted by molar-refractivity contribution is 0.209. The highest BCUT2D eigenvalue weighted by Gasteiger charge is 2.20. The van der Waals surface area contributed by atoms with Crippen LogP contribution in [0.2, 0.25) is 0 Å². The fourth-order valence-corrected chi connectivity index (χ4v) is 1.16. The summed E-state index contributed by atoms with van der Waals surface area (Å²) in [6.45, 7) is 7.52. The van der Waals surface area contributed by atoms with Gasteiger partial charge in [0.05, 0.1) is 6.61 Å². The maximum atomic E-state index is 5.64. The predicted molar refractivity (Wildman–Crippen MR) is 76.3 cm³/mol. The molecule has 0 radical (unpaired) electrons. The second-order valence-electron chi connectivity index (χ2n) is 5.21. The van der Waals surface area contributed by atoms with Crippen LogP contribution in [0.15, 0.2) is 0 Å². The van der Waals surface area contributed by atoms with Gasteiger partial charge in [0.1, 0.15) is 0 Å². The summed E-state index contributed by atoms with van der Waals surface area (Å²) in [4.78, 5) is 14.3. The molecule has 7 heteroatoms. The Kier molecular flexibility index (Phi) is 5.29. The van der Waals surface area contributed by atoms with Crippen molar-refractivity contribution in [2.45, 2.75) is 32.7 Å². The highest BCUT2D eigenvalue weighted by molar-refractivity contribution is 5.33. The zero-order valence-corrected chi connectivity index (χ0v) is 12.4. The van der Waals surface area contributed by atoms with Crippen molar-refractivity contribution in [1.82, 2.24) is 19.9 Å². The number of rotatable bonds is 7. The number of ether oxygens (including phenoxy) is 1. The molecule has 3 N–H and O–H groups in total. The molecule has 0 bridgehead atoms. The third-order valence-corrected chi connectivity index (χ3v) is 2.96. The molecule has 0 atom stereocenters. The van der Waals surface area contributed by atoms with E-state index in [0.29, 0.717) is 19.1 Å². The number of anilines is 2. The first kappa shape index (κ1) is 15.4. The number of nitrogens with zero attached hydrogens (tertiary/aromatic N) is 4. The SMILES string of the molecule is CCCOc1nc(N)nc(NCC(C)(C)N(C)C)n1. The van der Waals surface area contributed by atoms with E-state index >= 15 is 0 Å². The average molecular weight is 268 g/mol. The molecule has 0 unspecified atom stereocenters. The van der Waals surface area contributed by atoms with Crippen molar-refractivity contribution in [1.29, 1.82) is 0 Å². The zero-order valence-electron chi connectivity index (χ0n) is 12.4. The number of nitrogen functional groups attached to an aromatic ring is 1. The number of hydrogen-bond acceptors (Lipinski definition) is 7. The third-order valence-electron chi connectivity index (χ3n) is 2.96. The molecule has 0 saturated carbocycles. The van der Waals surface area contributed by atoms with Crippen LogP contribution in [0.3, 0.4) is 0 Å². The molecule has 108 valence electrons. The lowest BCUT2D eigenvalue weighted by Crippen LogP contribution is -2.44. The van der Waals surface area contributed by atoms with Crippen LogP contribution >= 0.6 is 0 Å². The Labute approximate surface area is 114 Å². The van der Waals surface area contributed by atoms with E-state index in [9.17, 15) is 0 Å². The molecule has 1 heterocycles. The van der Waals surface area contributed by atoms with Gasteiger partial charge >= 0.3 is 6.01 Å². The number of nitrogens with one attached hydrogen (secondary N) is 1. The van der Waals surface area contributed by atoms with Crippen LogP contribution in [-0.2, 0) is 0 Å². The van der Waals surface area contributed by atoms with Crippen molar-refractivity contribution in [3.8, 4) is 6.01 Å². The smallest absolute Gasteiger partial charge is 0.323 e. The van der Waals surface area contributed by atoms with Crippen LogP contribution in [0.4, 0.5) is 11.9 Å². The van der Waals surface area contributed by atoms with Crippen LogP contribution in [0.5, 0.6) is 6.01 Å². The van der Waals surface area contributed by atoms with Gasteiger partial charge in [0.25, 0.3) is 0 Å². The van der Waals surface area contributed by atoms with Crippen molar-refractivity contribution in [3.05, 3.63) is 0 Å². The summed E-state index contributed by atoms with van der Waals surface area (Å²) in [5.41, 5.74) is 5.62. The summed E-state index contributed by atoms with van der Waals surface area (Å²) in [7, 11) is 4.05. The summed E-state index contributed by atoms with van der Waals surface area (Å²) >= 11 is 0. The summed E-state index contributed by atoms with van der Waals surface area (Å²) in [6, 6.07) is 0.263. The van der Waals surface area contributed by atoms with Gasteiger partial charge in [-0.25, -0.2) is 0 Å². The minimum Gasteiger partial charge on any atom is -0.463 e. The molecule has 1 aromatic heterocycles. The van der Waals surface area contributed by atoms with E-state index in [0.717, 1.165) is 6.42 Å². The van der Waals surface area contributed by atoms with E-state index in [1.54, 1.807) is 0 Å². The van der Waals surface area contributed by atoms with Gasteiger partial charge in [-0.3, -0.25) is 0 Å². The lowest BCUT2D eigenvalue weighted by Gasteiger charge is -2.32. The van der Waals surface area contributed by atoms with Gasteiger partial charge in [-0.05, 0) is 34.4 Å². The van der Waals surface area contributed by atoms with E-state index < -0.39 is 0 Å². The van der Waals surface area contributed by atoms with Gasteiger partial charge in [0.15, 0.2) is 0 Å². The first-order valence-electron chi connectivity index (χ1n) is 6.41.